The maximum absolute atomic E-state index is 11.5. The molecule has 18 heavy (non-hydrogen) atoms. The molecule has 1 aromatic carbocycles. The highest BCUT2D eigenvalue weighted by molar-refractivity contribution is 5.86. The molecule has 1 atom stereocenters. The first-order valence-electron chi connectivity index (χ1n) is 5.38. The molecule has 1 N–H and O–H groups in total. The molecular weight excluding hydrogens is 234 g/mol. The first-order valence-corrected chi connectivity index (χ1v) is 5.38. The summed E-state index contributed by atoms with van der Waals surface area (Å²) < 4.78 is 10.1. The van der Waals surface area contributed by atoms with Crippen molar-refractivity contribution in [2.24, 2.45) is 0 Å². The standard InChI is InChI=1S/C13H11NO4/c1-8(6-14)18-13(16)4-9-7-17-12-5-10(15)2-3-11(9)12/h2-3,5,7-8,15H,4H2,1H3/t8-/m1/s1. The van der Waals surface area contributed by atoms with Crippen LogP contribution >= 0.6 is 0 Å². The summed E-state index contributed by atoms with van der Waals surface area (Å²) in [4.78, 5) is 11.5. The van der Waals surface area contributed by atoms with Gasteiger partial charge < -0.3 is 14.3 Å². The molecule has 0 saturated carbocycles. The third kappa shape index (κ3) is 2.43. The van der Waals surface area contributed by atoms with Crippen LogP contribution in [0.25, 0.3) is 11.0 Å². The van der Waals surface area contributed by atoms with E-state index in [0.29, 0.717) is 11.1 Å². The van der Waals surface area contributed by atoms with Crippen LogP contribution in [0.4, 0.5) is 0 Å². The lowest BCUT2D eigenvalue weighted by Gasteiger charge is -2.04. The molecule has 0 fully saturated rings. The second-order valence-electron chi connectivity index (χ2n) is 3.88. The van der Waals surface area contributed by atoms with Gasteiger partial charge in [0.05, 0.1) is 12.7 Å². The fourth-order valence-corrected chi connectivity index (χ4v) is 1.63. The minimum absolute atomic E-state index is 0.0315. The van der Waals surface area contributed by atoms with Gasteiger partial charge in [-0.1, -0.05) is 0 Å². The number of hydrogen-bond acceptors (Lipinski definition) is 5. The van der Waals surface area contributed by atoms with Crippen LogP contribution in [0.15, 0.2) is 28.9 Å². The van der Waals surface area contributed by atoms with Gasteiger partial charge in [0.1, 0.15) is 17.4 Å². The molecule has 2 rings (SSSR count). The predicted molar refractivity (Wildman–Crippen MR) is 62.7 cm³/mol. The number of rotatable bonds is 3. The molecule has 0 saturated heterocycles. The summed E-state index contributed by atoms with van der Waals surface area (Å²) in [6, 6.07) is 6.48. The number of carbonyl (C=O) groups excluding carboxylic acids is 1. The van der Waals surface area contributed by atoms with Crippen molar-refractivity contribution >= 4 is 16.9 Å². The zero-order chi connectivity index (χ0) is 13.1. The first-order chi connectivity index (χ1) is 8.60. The van der Waals surface area contributed by atoms with Gasteiger partial charge in [-0.15, -0.1) is 0 Å². The Bertz CT molecular complexity index is 623. The summed E-state index contributed by atoms with van der Waals surface area (Å²) in [6.45, 7) is 1.50. The molecule has 0 aliphatic heterocycles. The summed E-state index contributed by atoms with van der Waals surface area (Å²) in [7, 11) is 0. The molecule has 92 valence electrons. The lowest BCUT2D eigenvalue weighted by molar-refractivity contribution is -0.145. The molecule has 0 radical (unpaired) electrons. The molecule has 5 heteroatoms. The Balaban J connectivity index is 2.18. The molecule has 0 aliphatic rings. The molecule has 0 amide bonds. The zero-order valence-corrected chi connectivity index (χ0v) is 9.71. The number of nitrogens with zero attached hydrogens (tertiary/aromatic N) is 1. The molecule has 1 heterocycles. The number of fused-ring (bicyclic) bond motifs is 1. The second-order valence-corrected chi connectivity index (χ2v) is 3.88. The lowest BCUT2D eigenvalue weighted by Crippen LogP contribution is -2.14. The highest BCUT2D eigenvalue weighted by Crippen LogP contribution is 2.25. The van der Waals surface area contributed by atoms with Gasteiger partial charge in [-0.25, -0.2) is 0 Å². The maximum atomic E-state index is 11.5. The average Bonchev–Trinajstić information content (AvgIpc) is 2.71. The molecule has 0 aliphatic carbocycles. The summed E-state index contributed by atoms with van der Waals surface area (Å²) in [5.74, 6) is -0.385. The number of carbonyl (C=O) groups is 1. The Hall–Kier alpha value is -2.48. The van der Waals surface area contributed by atoms with E-state index in [2.05, 4.69) is 0 Å². The van der Waals surface area contributed by atoms with Crippen LogP contribution in [0.1, 0.15) is 12.5 Å². The smallest absolute Gasteiger partial charge is 0.311 e. The van der Waals surface area contributed by atoms with E-state index in [1.54, 1.807) is 6.07 Å². The van der Waals surface area contributed by atoms with Crippen molar-refractivity contribution in [3.63, 3.8) is 0 Å². The lowest BCUT2D eigenvalue weighted by atomic mass is 10.1. The summed E-state index contributed by atoms with van der Waals surface area (Å²) in [6.07, 6.45) is 0.714. The highest BCUT2D eigenvalue weighted by atomic mass is 16.5. The van der Waals surface area contributed by atoms with E-state index in [9.17, 15) is 9.90 Å². The average molecular weight is 245 g/mol. The van der Waals surface area contributed by atoms with Gasteiger partial charge in [0, 0.05) is 17.0 Å². The largest absolute Gasteiger partial charge is 0.508 e. The van der Waals surface area contributed by atoms with E-state index in [-0.39, 0.29) is 12.2 Å². The molecule has 0 bridgehead atoms. The van der Waals surface area contributed by atoms with Crippen molar-refractivity contribution in [2.45, 2.75) is 19.4 Å². The number of phenolic OH excluding ortho intramolecular Hbond substituents is 1. The number of aromatic hydroxyl groups is 1. The van der Waals surface area contributed by atoms with E-state index in [1.807, 2.05) is 6.07 Å². The van der Waals surface area contributed by atoms with Crippen molar-refractivity contribution < 1.29 is 19.1 Å². The molecule has 1 aromatic heterocycles. The number of phenols is 1. The van der Waals surface area contributed by atoms with Crippen molar-refractivity contribution in [1.82, 2.24) is 0 Å². The van der Waals surface area contributed by atoms with Gasteiger partial charge in [-0.3, -0.25) is 4.79 Å². The van der Waals surface area contributed by atoms with Gasteiger partial charge >= 0.3 is 5.97 Å². The molecular formula is C13H11NO4. The SMILES string of the molecule is C[C@H](C#N)OC(=O)Cc1coc2cc(O)ccc12. The fourth-order valence-electron chi connectivity index (χ4n) is 1.63. The number of nitriles is 1. The van der Waals surface area contributed by atoms with Gasteiger partial charge in [0.2, 0.25) is 0 Å². The van der Waals surface area contributed by atoms with Crippen LogP contribution in [0, 0.1) is 11.3 Å². The third-order valence-corrected chi connectivity index (χ3v) is 2.46. The van der Waals surface area contributed by atoms with Gasteiger partial charge in [0.15, 0.2) is 6.10 Å². The second kappa shape index (κ2) is 4.80. The topological polar surface area (TPSA) is 83.5 Å². The number of benzene rings is 1. The number of ether oxygens (including phenoxy) is 1. The minimum atomic E-state index is -0.764. The zero-order valence-electron chi connectivity index (χ0n) is 9.71. The van der Waals surface area contributed by atoms with Crippen LogP contribution in [-0.2, 0) is 16.0 Å². The molecule has 2 aromatic rings. The van der Waals surface area contributed by atoms with Crippen molar-refractivity contribution in [3.8, 4) is 11.8 Å². The van der Waals surface area contributed by atoms with Gasteiger partial charge in [-0.05, 0) is 19.1 Å². The fraction of sp³-hybridized carbons (Fsp3) is 0.231. The van der Waals surface area contributed by atoms with E-state index in [0.717, 1.165) is 5.39 Å². The van der Waals surface area contributed by atoms with Crippen LogP contribution in [0.5, 0.6) is 5.75 Å². The van der Waals surface area contributed by atoms with E-state index in [1.165, 1.54) is 25.3 Å². The minimum Gasteiger partial charge on any atom is -0.508 e. The highest BCUT2D eigenvalue weighted by Gasteiger charge is 2.13. The van der Waals surface area contributed by atoms with Gasteiger partial charge in [0.25, 0.3) is 0 Å². The van der Waals surface area contributed by atoms with Crippen molar-refractivity contribution in [1.29, 1.82) is 5.26 Å². The van der Waals surface area contributed by atoms with Crippen molar-refractivity contribution in [2.75, 3.05) is 0 Å². The van der Waals surface area contributed by atoms with Crippen LogP contribution in [-0.4, -0.2) is 17.2 Å². The predicted octanol–water partition coefficient (Wildman–Crippen LogP) is 2.14. The van der Waals surface area contributed by atoms with Crippen LogP contribution in [0.3, 0.4) is 0 Å². The maximum Gasteiger partial charge on any atom is 0.311 e. The number of furan rings is 1. The van der Waals surface area contributed by atoms with Crippen LogP contribution < -0.4 is 0 Å². The van der Waals surface area contributed by atoms with Gasteiger partial charge in [-0.2, -0.15) is 5.26 Å². The normalized spacial score (nSPS) is 12.0. The number of esters is 1. The monoisotopic (exact) mass is 245 g/mol. The van der Waals surface area contributed by atoms with E-state index >= 15 is 0 Å². The Morgan fingerprint density at radius 2 is 2.39 bits per heavy atom. The molecule has 0 unspecified atom stereocenters. The van der Waals surface area contributed by atoms with Crippen molar-refractivity contribution in [3.05, 3.63) is 30.0 Å². The number of hydrogen-bond donors (Lipinski definition) is 1. The van der Waals surface area contributed by atoms with E-state index in [4.69, 9.17) is 14.4 Å². The quantitative estimate of drug-likeness (QED) is 0.837. The Morgan fingerprint density at radius 3 is 3.11 bits per heavy atom. The summed E-state index contributed by atoms with van der Waals surface area (Å²) in [5, 5.41) is 18.6. The Kier molecular flexibility index (Phi) is 3.20. The molecule has 5 nitrogen and oxygen atoms in total. The molecule has 0 spiro atoms. The summed E-state index contributed by atoms with van der Waals surface area (Å²) in [5.41, 5.74) is 1.17. The summed E-state index contributed by atoms with van der Waals surface area (Å²) >= 11 is 0. The van der Waals surface area contributed by atoms with E-state index < -0.39 is 12.1 Å². The third-order valence-electron chi connectivity index (χ3n) is 2.46. The first kappa shape index (κ1) is 12.0. The Morgan fingerprint density at radius 1 is 1.61 bits per heavy atom. The Labute approximate surface area is 103 Å². The van der Waals surface area contributed by atoms with Crippen LogP contribution in [0.2, 0.25) is 0 Å².